The van der Waals surface area contributed by atoms with E-state index in [2.05, 4.69) is 10.3 Å². The van der Waals surface area contributed by atoms with E-state index in [4.69, 9.17) is 4.84 Å². The average Bonchev–Trinajstić information content (AvgIpc) is 3.61. The average molecular weight is 554 g/mol. The number of fused-ring (bicyclic) bond motifs is 1. The van der Waals surface area contributed by atoms with Crippen LogP contribution in [-0.4, -0.2) is 39.0 Å². The first-order valence-electron chi connectivity index (χ1n) is 14.0. The summed E-state index contributed by atoms with van der Waals surface area (Å²) in [7, 11) is 0. The Kier molecular flexibility index (Phi) is 8.38. The number of carbonyl (C=O) groups excluding carboxylic acids is 2. The van der Waals surface area contributed by atoms with Crippen molar-refractivity contribution in [3.05, 3.63) is 95.2 Å². The number of anilines is 1. The SMILES string of the molecule is Cc1cc(C)cc(NC(=O)Cc2ccc(ON(C(=O)C3CCCC3)[C@H](Cc3c[nH]c4ccccc34)C(=O)O)cc2)c1. The van der Waals surface area contributed by atoms with Gasteiger partial charge in [-0.2, -0.15) is 5.06 Å². The lowest BCUT2D eigenvalue weighted by molar-refractivity contribution is -0.180. The van der Waals surface area contributed by atoms with Crippen LogP contribution in [0.1, 0.15) is 47.9 Å². The van der Waals surface area contributed by atoms with Gasteiger partial charge in [-0.25, -0.2) is 4.79 Å². The highest BCUT2D eigenvalue weighted by molar-refractivity contribution is 5.92. The molecule has 1 fully saturated rings. The summed E-state index contributed by atoms with van der Waals surface area (Å²) in [6.07, 6.45) is 5.34. The number of aromatic nitrogens is 1. The number of nitrogens with zero attached hydrogens (tertiary/aromatic N) is 1. The van der Waals surface area contributed by atoms with Gasteiger partial charge in [-0.15, -0.1) is 0 Å². The van der Waals surface area contributed by atoms with Gasteiger partial charge in [-0.05, 0) is 79.3 Å². The molecule has 1 aromatic heterocycles. The van der Waals surface area contributed by atoms with E-state index < -0.39 is 12.0 Å². The van der Waals surface area contributed by atoms with Crippen LogP contribution in [0.25, 0.3) is 10.9 Å². The Labute approximate surface area is 239 Å². The molecule has 0 radical (unpaired) electrons. The number of aryl methyl sites for hydroxylation is 2. The first-order chi connectivity index (χ1) is 19.8. The summed E-state index contributed by atoms with van der Waals surface area (Å²) >= 11 is 0. The number of carboxylic acids is 1. The normalized spacial score (nSPS) is 14.1. The van der Waals surface area contributed by atoms with Gasteiger partial charge >= 0.3 is 5.97 Å². The van der Waals surface area contributed by atoms with Crippen LogP contribution in [0.4, 0.5) is 5.69 Å². The lowest BCUT2D eigenvalue weighted by atomic mass is 10.0. The number of nitrogens with one attached hydrogen (secondary N) is 2. The first-order valence-corrected chi connectivity index (χ1v) is 14.0. The minimum Gasteiger partial charge on any atom is -0.480 e. The topological polar surface area (TPSA) is 112 Å². The largest absolute Gasteiger partial charge is 0.480 e. The molecule has 3 N–H and O–H groups in total. The fourth-order valence-electron chi connectivity index (χ4n) is 5.61. The zero-order valence-electron chi connectivity index (χ0n) is 23.4. The third kappa shape index (κ3) is 6.77. The lowest BCUT2D eigenvalue weighted by Gasteiger charge is -2.30. The van der Waals surface area contributed by atoms with Crippen LogP contribution in [-0.2, 0) is 27.2 Å². The van der Waals surface area contributed by atoms with Crippen LogP contribution in [0.3, 0.4) is 0 Å². The number of benzene rings is 3. The Hall–Kier alpha value is -4.59. The van der Waals surface area contributed by atoms with Gasteiger partial charge in [-0.3, -0.25) is 9.59 Å². The Balaban J connectivity index is 1.33. The van der Waals surface area contributed by atoms with Gasteiger partial charge in [0.2, 0.25) is 5.91 Å². The molecule has 41 heavy (non-hydrogen) atoms. The van der Waals surface area contributed by atoms with Crippen molar-refractivity contribution in [2.75, 3.05) is 5.32 Å². The van der Waals surface area contributed by atoms with E-state index in [1.165, 1.54) is 0 Å². The Bertz CT molecular complexity index is 1530. The van der Waals surface area contributed by atoms with Crippen molar-refractivity contribution < 1.29 is 24.3 Å². The monoisotopic (exact) mass is 553 g/mol. The molecule has 8 nitrogen and oxygen atoms in total. The molecule has 4 aromatic rings. The number of para-hydroxylation sites is 1. The van der Waals surface area contributed by atoms with Crippen molar-refractivity contribution in [2.24, 2.45) is 5.92 Å². The third-order valence-electron chi connectivity index (χ3n) is 7.58. The quantitative estimate of drug-likeness (QED) is 0.209. The second-order valence-corrected chi connectivity index (χ2v) is 10.9. The van der Waals surface area contributed by atoms with E-state index in [0.29, 0.717) is 18.6 Å². The Morgan fingerprint density at radius 2 is 1.68 bits per heavy atom. The molecular weight excluding hydrogens is 518 g/mol. The number of hydroxylamine groups is 2. The molecule has 2 amide bonds. The molecule has 1 heterocycles. The van der Waals surface area contributed by atoms with Crippen LogP contribution in [0.15, 0.2) is 72.9 Å². The highest BCUT2D eigenvalue weighted by Gasteiger charge is 2.37. The molecule has 212 valence electrons. The highest BCUT2D eigenvalue weighted by Crippen LogP contribution is 2.30. The van der Waals surface area contributed by atoms with Crippen molar-refractivity contribution in [2.45, 2.75) is 58.4 Å². The van der Waals surface area contributed by atoms with Crippen molar-refractivity contribution in [3.8, 4) is 5.75 Å². The van der Waals surface area contributed by atoms with Gasteiger partial charge in [0, 0.05) is 35.1 Å². The highest BCUT2D eigenvalue weighted by atomic mass is 16.7. The van der Waals surface area contributed by atoms with Gasteiger partial charge in [0.1, 0.15) is 0 Å². The molecule has 0 unspecified atom stereocenters. The van der Waals surface area contributed by atoms with Gasteiger partial charge in [0.25, 0.3) is 5.91 Å². The van der Waals surface area contributed by atoms with E-state index >= 15 is 0 Å². The zero-order chi connectivity index (χ0) is 28.9. The molecular formula is C33H35N3O5. The van der Waals surface area contributed by atoms with E-state index in [0.717, 1.165) is 56.7 Å². The predicted molar refractivity (Wildman–Crippen MR) is 158 cm³/mol. The first kappa shape index (κ1) is 28.0. The third-order valence-corrected chi connectivity index (χ3v) is 7.58. The summed E-state index contributed by atoms with van der Waals surface area (Å²) in [4.78, 5) is 48.0. The molecule has 1 saturated carbocycles. The maximum Gasteiger partial charge on any atom is 0.330 e. The second kappa shape index (κ2) is 12.3. The van der Waals surface area contributed by atoms with Crippen LogP contribution >= 0.6 is 0 Å². The lowest BCUT2D eigenvalue weighted by Crippen LogP contribution is -2.50. The van der Waals surface area contributed by atoms with Gasteiger partial charge in [0.05, 0.1) is 6.42 Å². The predicted octanol–water partition coefficient (Wildman–Crippen LogP) is 5.97. The molecule has 0 bridgehead atoms. The van der Waals surface area contributed by atoms with E-state index in [1.54, 1.807) is 30.5 Å². The second-order valence-electron chi connectivity index (χ2n) is 10.9. The molecule has 3 aromatic carbocycles. The number of rotatable bonds is 10. The summed E-state index contributed by atoms with van der Waals surface area (Å²) in [5.41, 5.74) is 5.36. The number of aliphatic carboxylic acids is 1. The van der Waals surface area contributed by atoms with Crippen molar-refractivity contribution >= 4 is 34.4 Å². The summed E-state index contributed by atoms with van der Waals surface area (Å²) < 4.78 is 0. The van der Waals surface area contributed by atoms with E-state index in [9.17, 15) is 19.5 Å². The zero-order valence-corrected chi connectivity index (χ0v) is 23.4. The summed E-state index contributed by atoms with van der Waals surface area (Å²) in [5, 5.41) is 15.2. The van der Waals surface area contributed by atoms with Crippen molar-refractivity contribution in [1.82, 2.24) is 10.0 Å². The van der Waals surface area contributed by atoms with Gasteiger partial charge in [-0.1, -0.05) is 49.2 Å². The Morgan fingerprint density at radius 1 is 1.00 bits per heavy atom. The fourth-order valence-corrected chi connectivity index (χ4v) is 5.61. The molecule has 1 aliphatic carbocycles. The number of hydrogen-bond donors (Lipinski definition) is 3. The van der Waals surface area contributed by atoms with Crippen LogP contribution in [0, 0.1) is 19.8 Å². The van der Waals surface area contributed by atoms with E-state index in [-0.39, 0.29) is 30.6 Å². The fraction of sp³-hybridized carbons (Fsp3) is 0.303. The number of aromatic amines is 1. The molecule has 0 aliphatic heterocycles. The number of carbonyl (C=O) groups is 3. The Morgan fingerprint density at radius 3 is 2.37 bits per heavy atom. The number of amides is 2. The minimum atomic E-state index is -1.22. The van der Waals surface area contributed by atoms with Crippen LogP contribution in [0.2, 0.25) is 0 Å². The van der Waals surface area contributed by atoms with Crippen molar-refractivity contribution in [3.63, 3.8) is 0 Å². The number of carboxylic acid groups (broad SMARTS) is 1. The summed E-state index contributed by atoms with van der Waals surface area (Å²) in [6, 6.07) is 19.2. The maximum absolute atomic E-state index is 13.6. The van der Waals surface area contributed by atoms with Crippen molar-refractivity contribution in [1.29, 1.82) is 0 Å². The summed E-state index contributed by atoms with van der Waals surface area (Å²) in [5.74, 6) is -1.53. The van der Waals surface area contributed by atoms with Gasteiger partial charge < -0.3 is 20.2 Å². The van der Waals surface area contributed by atoms with Crippen LogP contribution < -0.4 is 10.2 Å². The molecule has 1 aliphatic rings. The molecule has 1 atom stereocenters. The number of H-pyrrole nitrogens is 1. The molecule has 0 saturated heterocycles. The smallest absolute Gasteiger partial charge is 0.330 e. The standard InChI is InChI=1S/C33H35N3O5/c1-21-15-22(2)17-26(16-21)35-31(37)18-23-11-13-27(14-12-23)41-36(32(38)24-7-3-4-8-24)30(33(39)40)19-25-20-34-29-10-6-5-9-28(25)29/h5-6,9-17,20,24,30,34H,3-4,7-8,18-19H2,1-2H3,(H,35,37)(H,39,40)/t30-/m1/s1. The maximum atomic E-state index is 13.6. The van der Waals surface area contributed by atoms with E-state index in [1.807, 2.05) is 56.3 Å². The molecule has 0 spiro atoms. The van der Waals surface area contributed by atoms with Crippen LogP contribution in [0.5, 0.6) is 5.75 Å². The minimum absolute atomic E-state index is 0.0918. The molecule has 5 rings (SSSR count). The molecule has 8 heteroatoms. The van der Waals surface area contributed by atoms with Gasteiger partial charge in [0.15, 0.2) is 11.8 Å². The number of hydrogen-bond acceptors (Lipinski definition) is 4. The summed E-state index contributed by atoms with van der Waals surface area (Å²) in [6.45, 7) is 3.97.